The summed E-state index contributed by atoms with van der Waals surface area (Å²) in [6.07, 6.45) is 2.15. The van der Waals surface area contributed by atoms with Gasteiger partial charge in [-0.25, -0.2) is 0 Å². The first kappa shape index (κ1) is 15.8. The summed E-state index contributed by atoms with van der Waals surface area (Å²) in [5.74, 6) is 0.530. The average molecular weight is 322 g/mol. The second-order valence-corrected chi connectivity index (χ2v) is 6.71. The van der Waals surface area contributed by atoms with Crippen LogP contribution in [0, 0.1) is 5.92 Å². The predicted octanol–water partition coefficient (Wildman–Crippen LogP) is 1.98. The molecule has 0 aromatic heterocycles. The minimum absolute atomic E-state index is 0.188. The molecule has 2 aliphatic rings. The highest BCUT2D eigenvalue weighted by atomic mass is 35.5. The Bertz CT molecular complexity index is 508. The Morgan fingerprint density at radius 3 is 2.77 bits per heavy atom. The summed E-state index contributed by atoms with van der Waals surface area (Å²) in [7, 11) is 0. The molecule has 22 heavy (non-hydrogen) atoms. The van der Waals surface area contributed by atoms with Crippen LogP contribution in [0.1, 0.15) is 18.4 Å². The molecule has 2 saturated heterocycles. The lowest BCUT2D eigenvalue weighted by atomic mass is 9.98. The molecule has 1 atom stereocenters. The highest BCUT2D eigenvalue weighted by molar-refractivity contribution is 6.30. The van der Waals surface area contributed by atoms with E-state index in [0.717, 1.165) is 63.7 Å². The number of nitrogens with zero attached hydrogens (tertiary/aromatic N) is 2. The van der Waals surface area contributed by atoms with Gasteiger partial charge in [-0.2, -0.15) is 0 Å². The molecule has 0 bridgehead atoms. The maximum Gasteiger partial charge on any atom is 0.227 e. The molecular formula is C17H24ClN3O. The van der Waals surface area contributed by atoms with Crippen LogP contribution in [-0.2, 0) is 11.3 Å². The maximum atomic E-state index is 12.5. The van der Waals surface area contributed by atoms with E-state index in [2.05, 4.69) is 16.3 Å². The fraction of sp³-hybridized carbons (Fsp3) is 0.588. The van der Waals surface area contributed by atoms with Gasteiger partial charge in [-0.1, -0.05) is 23.7 Å². The van der Waals surface area contributed by atoms with E-state index in [1.807, 2.05) is 23.1 Å². The maximum absolute atomic E-state index is 12.5. The van der Waals surface area contributed by atoms with Crippen LogP contribution in [0.4, 0.5) is 0 Å². The number of hydrogen-bond acceptors (Lipinski definition) is 3. The molecule has 1 aromatic rings. The Kier molecular flexibility index (Phi) is 5.34. The number of hydrogen-bond donors (Lipinski definition) is 1. The van der Waals surface area contributed by atoms with Gasteiger partial charge < -0.3 is 10.2 Å². The van der Waals surface area contributed by atoms with Crippen LogP contribution in [0.5, 0.6) is 0 Å². The summed E-state index contributed by atoms with van der Waals surface area (Å²) >= 11 is 6.04. The van der Waals surface area contributed by atoms with Crippen molar-refractivity contribution < 1.29 is 4.79 Å². The van der Waals surface area contributed by atoms with Crippen LogP contribution in [0.25, 0.3) is 0 Å². The topological polar surface area (TPSA) is 35.6 Å². The number of carbonyl (C=O) groups is 1. The zero-order valence-corrected chi connectivity index (χ0v) is 13.7. The number of carbonyl (C=O) groups excluding carboxylic acids is 1. The monoisotopic (exact) mass is 321 g/mol. The summed E-state index contributed by atoms with van der Waals surface area (Å²) in [4.78, 5) is 17.0. The van der Waals surface area contributed by atoms with Gasteiger partial charge in [0.2, 0.25) is 5.91 Å². The van der Waals surface area contributed by atoms with Crippen LogP contribution in [0.2, 0.25) is 5.02 Å². The molecule has 2 heterocycles. The number of rotatable bonds is 3. The van der Waals surface area contributed by atoms with Crippen molar-refractivity contribution in [1.29, 1.82) is 0 Å². The van der Waals surface area contributed by atoms with E-state index < -0.39 is 0 Å². The van der Waals surface area contributed by atoms with Gasteiger partial charge >= 0.3 is 0 Å². The van der Waals surface area contributed by atoms with Crippen LogP contribution in [0.3, 0.4) is 0 Å². The third kappa shape index (κ3) is 4.00. The molecule has 2 fully saturated rings. The van der Waals surface area contributed by atoms with Gasteiger partial charge in [0.05, 0.1) is 5.92 Å². The molecule has 120 valence electrons. The zero-order chi connectivity index (χ0) is 15.4. The summed E-state index contributed by atoms with van der Waals surface area (Å²) in [6.45, 7) is 6.38. The molecule has 5 heteroatoms. The molecule has 4 nitrogen and oxygen atoms in total. The van der Waals surface area contributed by atoms with Gasteiger partial charge in [-0.3, -0.25) is 9.69 Å². The molecule has 2 aliphatic heterocycles. The minimum atomic E-state index is 0.188. The predicted molar refractivity (Wildman–Crippen MR) is 88.9 cm³/mol. The molecule has 0 radical (unpaired) electrons. The summed E-state index contributed by atoms with van der Waals surface area (Å²) < 4.78 is 0. The first-order valence-electron chi connectivity index (χ1n) is 8.19. The van der Waals surface area contributed by atoms with Crippen molar-refractivity contribution in [1.82, 2.24) is 15.1 Å². The fourth-order valence-corrected chi connectivity index (χ4v) is 3.55. The lowest BCUT2D eigenvalue weighted by Crippen LogP contribution is -2.51. The van der Waals surface area contributed by atoms with Crippen molar-refractivity contribution >= 4 is 17.5 Å². The Morgan fingerprint density at radius 1 is 1.27 bits per heavy atom. The molecule has 0 aliphatic carbocycles. The molecular weight excluding hydrogens is 298 g/mol. The van der Waals surface area contributed by atoms with Gasteiger partial charge in [0.25, 0.3) is 0 Å². The normalized spacial score (nSPS) is 23.5. The molecule has 0 saturated carbocycles. The van der Waals surface area contributed by atoms with Gasteiger partial charge in [0.1, 0.15) is 0 Å². The standard InChI is InChI=1S/C17H24ClN3O/c18-16-5-1-3-14(11-16)13-20-7-9-21(10-8-20)17(22)15-4-2-6-19-12-15/h1,3,5,11,15,19H,2,4,6-10,12-13H2. The summed E-state index contributed by atoms with van der Waals surface area (Å²) in [6, 6.07) is 8.03. The third-order valence-electron chi connectivity index (χ3n) is 4.63. The molecule has 3 rings (SSSR count). The lowest BCUT2D eigenvalue weighted by molar-refractivity contribution is -0.137. The van der Waals surface area contributed by atoms with E-state index in [9.17, 15) is 4.79 Å². The van der Waals surface area contributed by atoms with E-state index in [1.54, 1.807) is 0 Å². The molecule has 1 unspecified atom stereocenters. The van der Waals surface area contributed by atoms with Crippen molar-refractivity contribution in [2.45, 2.75) is 19.4 Å². The van der Waals surface area contributed by atoms with E-state index in [0.29, 0.717) is 5.91 Å². The highest BCUT2D eigenvalue weighted by Gasteiger charge is 2.28. The lowest BCUT2D eigenvalue weighted by Gasteiger charge is -2.37. The third-order valence-corrected chi connectivity index (χ3v) is 4.86. The van der Waals surface area contributed by atoms with Gasteiger partial charge in [-0.15, -0.1) is 0 Å². The number of halogens is 1. The van der Waals surface area contributed by atoms with Crippen LogP contribution < -0.4 is 5.32 Å². The number of piperidine rings is 1. The number of piperazine rings is 1. The smallest absolute Gasteiger partial charge is 0.227 e. The molecule has 1 N–H and O–H groups in total. The van der Waals surface area contributed by atoms with Crippen molar-refractivity contribution in [3.63, 3.8) is 0 Å². The molecule has 1 aromatic carbocycles. The van der Waals surface area contributed by atoms with Gasteiger partial charge in [0, 0.05) is 44.3 Å². The first-order valence-corrected chi connectivity index (χ1v) is 8.56. The van der Waals surface area contributed by atoms with Gasteiger partial charge in [0.15, 0.2) is 0 Å². The Labute approximate surface area is 137 Å². The quantitative estimate of drug-likeness (QED) is 0.924. The van der Waals surface area contributed by atoms with E-state index in [4.69, 9.17) is 11.6 Å². The van der Waals surface area contributed by atoms with Gasteiger partial charge in [-0.05, 0) is 37.1 Å². The number of amides is 1. The fourth-order valence-electron chi connectivity index (χ4n) is 3.34. The van der Waals surface area contributed by atoms with Crippen LogP contribution in [-0.4, -0.2) is 55.0 Å². The second-order valence-electron chi connectivity index (χ2n) is 6.27. The Balaban J connectivity index is 1.48. The number of benzene rings is 1. The largest absolute Gasteiger partial charge is 0.340 e. The summed E-state index contributed by atoms with van der Waals surface area (Å²) in [5.41, 5.74) is 1.24. The first-order chi connectivity index (χ1) is 10.7. The number of nitrogens with one attached hydrogen (secondary N) is 1. The van der Waals surface area contributed by atoms with Crippen molar-refractivity contribution in [2.75, 3.05) is 39.3 Å². The van der Waals surface area contributed by atoms with E-state index >= 15 is 0 Å². The minimum Gasteiger partial charge on any atom is -0.340 e. The van der Waals surface area contributed by atoms with E-state index in [-0.39, 0.29) is 5.92 Å². The Morgan fingerprint density at radius 2 is 2.09 bits per heavy atom. The van der Waals surface area contributed by atoms with E-state index in [1.165, 1.54) is 5.56 Å². The molecule has 1 amide bonds. The van der Waals surface area contributed by atoms with Crippen LogP contribution >= 0.6 is 11.6 Å². The van der Waals surface area contributed by atoms with Crippen molar-refractivity contribution in [2.24, 2.45) is 5.92 Å². The van der Waals surface area contributed by atoms with Crippen molar-refractivity contribution in [3.05, 3.63) is 34.9 Å². The average Bonchev–Trinajstić information content (AvgIpc) is 2.56. The molecule has 0 spiro atoms. The highest BCUT2D eigenvalue weighted by Crippen LogP contribution is 2.17. The summed E-state index contributed by atoms with van der Waals surface area (Å²) in [5, 5.41) is 4.12. The van der Waals surface area contributed by atoms with Crippen LogP contribution in [0.15, 0.2) is 24.3 Å². The van der Waals surface area contributed by atoms with Crippen molar-refractivity contribution in [3.8, 4) is 0 Å². The second kappa shape index (κ2) is 7.44. The SMILES string of the molecule is O=C(C1CCCNC1)N1CCN(Cc2cccc(Cl)c2)CC1. The Hall–Kier alpha value is -1.10. The zero-order valence-electron chi connectivity index (χ0n) is 12.9.